The molecule has 26 heavy (non-hydrogen) atoms. The molecule has 2 amide bonds. The molecule has 136 valence electrons. The highest BCUT2D eigenvalue weighted by Crippen LogP contribution is 2.34. The molecule has 9 nitrogen and oxygen atoms in total. The number of likely N-dealkylation sites (tertiary alicyclic amines) is 1. The summed E-state index contributed by atoms with van der Waals surface area (Å²) in [6.07, 6.45) is 4.22. The molecule has 0 atom stereocenters. The summed E-state index contributed by atoms with van der Waals surface area (Å²) in [5.41, 5.74) is 4.91. The van der Waals surface area contributed by atoms with E-state index in [1.807, 2.05) is 0 Å². The Bertz CT molecular complexity index is 1010. The zero-order valence-electron chi connectivity index (χ0n) is 14.1. The van der Waals surface area contributed by atoms with Crippen LogP contribution >= 0.6 is 0 Å². The number of carbonyl (C=O) groups is 2. The van der Waals surface area contributed by atoms with Gasteiger partial charge >= 0.3 is 5.69 Å². The zero-order valence-corrected chi connectivity index (χ0v) is 14.1. The van der Waals surface area contributed by atoms with Crippen LogP contribution in [0.4, 0.5) is 0 Å². The number of nitrogens with zero attached hydrogens (tertiary/aromatic N) is 3. The van der Waals surface area contributed by atoms with Gasteiger partial charge in [-0.3, -0.25) is 23.9 Å². The number of hydrogen-bond donors (Lipinski definition) is 2. The molecule has 4 rings (SSSR count). The van der Waals surface area contributed by atoms with Crippen LogP contribution in [-0.4, -0.2) is 44.3 Å². The molecular formula is C17H19N5O4. The molecule has 0 bridgehead atoms. The molecule has 1 saturated heterocycles. The molecule has 3 heterocycles. The Kier molecular flexibility index (Phi) is 3.86. The van der Waals surface area contributed by atoms with E-state index in [0.29, 0.717) is 37.1 Å². The number of pyridine rings is 1. The van der Waals surface area contributed by atoms with Crippen molar-refractivity contribution in [2.75, 3.05) is 13.1 Å². The standard InChI is InChI=1S/C17H19N5O4/c18-13(23)9-3-5-21(6-4-9)16(25)10-7-12-14(19-8-10)22(11-1-2-11)17(26)20-15(12)24/h7-9,11H,1-6H2,(H2,18,23)(H,20,24,26). The van der Waals surface area contributed by atoms with Crippen molar-refractivity contribution < 1.29 is 9.59 Å². The van der Waals surface area contributed by atoms with Crippen LogP contribution in [0.2, 0.25) is 0 Å². The molecule has 3 N–H and O–H groups in total. The van der Waals surface area contributed by atoms with Gasteiger partial charge in [0, 0.05) is 31.2 Å². The number of hydrogen-bond acceptors (Lipinski definition) is 5. The van der Waals surface area contributed by atoms with Gasteiger partial charge in [0.15, 0.2) is 0 Å². The predicted octanol–water partition coefficient (Wildman–Crippen LogP) is -0.243. The fraction of sp³-hybridized carbons (Fsp3) is 0.471. The van der Waals surface area contributed by atoms with Crippen molar-refractivity contribution in [1.82, 2.24) is 19.4 Å². The highest BCUT2D eigenvalue weighted by atomic mass is 16.2. The van der Waals surface area contributed by atoms with Gasteiger partial charge in [0.2, 0.25) is 5.91 Å². The number of rotatable bonds is 3. The zero-order chi connectivity index (χ0) is 18.4. The molecule has 0 spiro atoms. The van der Waals surface area contributed by atoms with E-state index in [4.69, 9.17) is 5.73 Å². The summed E-state index contributed by atoms with van der Waals surface area (Å²) in [6.45, 7) is 0.866. The van der Waals surface area contributed by atoms with Crippen LogP contribution in [-0.2, 0) is 4.79 Å². The second kappa shape index (κ2) is 6.08. The van der Waals surface area contributed by atoms with E-state index in [0.717, 1.165) is 12.8 Å². The number of piperidine rings is 1. The van der Waals surface area contributed by atoms with Crippen LogP contribution in [0.3, 0.4) is 0 Å². The molecule has 1 aliphatic heterocycles. The maximum absolute atomic E-state index is 12.7. The maximum atomic E-state index is 12.7. The van der Waals surface area contributed by atoms with E-state index >= 15 is 0 Å². The molecule has 2 aromatic heterocycles. The monoisotopic (exact) mass is 357 g/mol. The van der Waals surface area contributed by atoms with Crippen molar-refractivity contribution in [3.05, 3.63) is 38.7 Å². The second-order valence-electron chi connectivity index (χ2n) is 6.92. The summed E-state index contributed by atoms with van der Waals surface area (Å²) >= 11 is 0. The number of nitrogens with two attached hydrogens (primary N) is 1. The average Bonchev–Trinajstić information content (AvgIpc) is 3.46. The SMILES string of the molecule is NC(=O)C1CCN(C(=O)c2cnc3c(c2)c(=O)[nH]c(=O)n3C2CC2)CC1. The summed E-state index contributed by atoms with van der Waals surface area (Å²) in [6, 6.07) is 1.55. The number of aromatic amines is 1. The van der Waals surface area contributed by atoms with Gasteiger partial charge in [-0.1, -0.05) is 0 Å². The first-order valence-electron chi connectivity index (χ1n) is 8.69. The topological polar surface area (TPSA) is 131 Å². The van der Waals surface area contributed by atoms with E-state index < -0.39 is 11.2 Å². The molecule has 2 aliphatic rings. The van der Waals surface area contributed by atoms with Gasteiger partial charge in [-0.2, -0.15) is 0 Å². The number of nitrogens with one attached hydrogen (secondary N) is 1. The fourth-order valence-corrected chi connectivity index (χ4v) is 3.48. The van der Waals surface area contributed by atoms with Gasteiger partial charge in [-0.15, -0.1) is 0 Å². The average molecular weight is 357 g/mol. The first-order chi connectivity index (χ1) is 12.5. The largest absolute Gasteiger partial charge is 0.369 e. The summed E-state index contributed by atoms with van der Waals surface area (Å²) in [4.78, 5) is 56.4. The van der Waals surface area contributed by atoms with Gasteiger partial charge in [0.05, 0.1) is 10.9 Å². The highest BCUT2D eigenvalue weighted by Gasteiger charge is 2.29. The van der Waals surface area contributed by atoms with Crippen molar-refractivity contribution in [1.29, 1.82) is 0 Å². The highest BCUT2D eigenvalue weighted by molar-refractivity contribution is 5.97. The van der Waals surface area contributed by atoms with Crippen LogP contribution in [0, 0.1) is 5.92 Å². The molecule has 1 aliphatic carbocycles. The molecule has 0 radical (unpaired) electrons. The molecule has 9 heteroatoms. The number of H-pyrrole nitrogens is 1. The Morgan fingerprint density at radius 3 is 2.46 bits per heavy atom. The van der Waals surface area contributed by atoms with Crippen LogP contribution in [0.15, 0.2) is 21.9 Å². The Hall–Kier alpha value is -2.97. The number of aromatic nitrogens is 3. The normalized spacial score (nSPS) is 18.2. The molecule has 0 unspecified atom stereocenters. The minimum atomic E-state index is -0.545. The number of primary amides is 1. The Labute approximate surface area is 147 Å². The summed E-state index contributed by atoms with van der Waals surface area (Å²) in [5.74, 6) is -0.787. The summed E-state index contributed by atoms with van der Waals surface area (Å²) in [5, 5.41) is 0.231. The lowest BCUT2D eigenvalue weighted by molar-refractivity contribution is -0.123. The number of carbonyl (C=O) groups excluding carboxylic acids is 2. The van der Waals surface area contributed by atoms with Crippen LogP contribution in [0.25, 0.3) is 11.0 Å². The molecule has 0 aromatic carbocycles. The van der Waals surface area contributed by atoms with Gasteiger partial charge in [0.25, 0.3) is 11.5 Å². The van der Waals surface area contributed by atoms with Crippen molar-refractivity contribution in [2.45, 2.75) is 31.7 Å². The van der Waals surface area contributed by atoms with E-state index in [1.54, 1.807) is 4.90 Å². The third-order valence-corrected chi connectivity index (χ3v) is 5.12. The first kappa shape index (κ1) is 16.5. The van der Waals surface area contributed by atoms with Gasteiger partial charge in [-0.05, 0) is 31.7 Å². The Balaban J connectivity index is 1.66. The van der Waals surface area contributed by atoms with Crippen molar-refractivity contribution >= 4 is 22.8 Å². The van der Waals surface area contributed by atoms with Gasteiger partial charge in [0.1, 0.15) is 5.65 Å². The molecule has 1 saturated carbocycles. The number of fused-ring (bicyclic) bond motifs is 1. The van der Waals surface area contributed by atoms with Gasteiger partial charge < -0.3 is 10.6 Å². The molecular weight excluding hydrogens is 338 g/mol. The number of amides is 2. The van der Waals surface area contributed by atoms with Crippen molar-refractivity contribution in [3.63, 3.8) is 0 Å². The second-order valence-corrected chi connectivity index (χ2v) is 6.92. The predicted molar refractivity (Wildman–Crippen MR) is 92.7 cm³/mol. The minimum Gasteiger partial charge on any atom is -0.369 e. The van der Waals surface area contributed by atoms with Gasteiger partial charge in [-0.25, -0.2) is 9.78 Å². The summed E-state index contributed by atoms with van der Waals surface area (Å²) < 4.78 is 1.49. The van der Waals surface area contributed by atoms with Crippen LogP contribution < -0.4 is 17.0 Å². The van der Waals surface area contributed by atoms with Crippen LogP contribution in [0.1, 0.15) is 42.1 Å². The summed E-state index contributed by atoms with van der Waals surface area (Å²) in [7, 11) is 0. The molecule has 2 fully saturated rings. The quantitative estimate of drug-likeness (QED) is 0.782. The minimum absolute atomic E-state index is 0.0590. The van der Waals surface area contributed by atoms with E-state index in [2.05, 4.69) is 9.97 Å². The smallest absolute Gasteiger partial charge is 0.330 e. The molecule has 2 aromatic rings. The Morgan fingerprint density at radius 1 is 1.15 bits per heavy atom. The maximum Gasteiger partial charge on any atom is 0.330 e. The Morgan fingerprint density at radius 2 is 1.85 bits per heavy atom. The lowest BCUT2D eigenvalue weighted by Crippen LogP contribution is -2.41. The first-order valence-corrected chi connectivity index (χ1v) is 8.69. The fourth-order valence-electron chi connectivity index (χ4n) is 3.48. The lowest BCUT2D eigenvalue weighted by atomic mass is 9.96. The van der Waals surface area contributed by atoms with Crippen molar-refractivity contribution in [2.24, 2.45) is 11.7 Å². The van der Waals surface area contributed by atoms with Crippen molar-refractivity contribution in [3.8, 4) is 0 Å². The lowest BCUT2D eigenvalue weighted by Gasteiger charge is -2.30. The third-order valence-electron chi connectivity index (χ3n) is 5.12. The van der Waals surface area contributed by atoms with E-state index in [-0.39, 0.29) is 29.2 Å². The van der Waals surface area contributed by atoms with E-state index in [9.17, 15) is 19.2 Å². The third kappa shape index (κ3) is 2.79. The van der Waals surface area contributed by atoms with E-state index in [1.165, 1.54) is 16.8 Å². The van der Waals surface area contributed by atoms with Crippen LogP contribution in [0.5, 0.6) is 0 Å².